The number of carbonyl (C=O) groups excluding carboxylic acids is 2. The number of ketones is 2. The van der Waals surface area contributed by atoms with Crippen molar-refractivity contribution in [3.8, 4) is 11.5 Å². The largest absolute Gasteiger partial charge is 0.493 e. The van der Waals surface area contributed by atoms with Gasteiger partial charge in [-0.2, -0.15) is 0 Å². The number of nitrogens with zero attached hydrogens (tertiary/aromatic N) is 5. The van der Waals surface area contributed by atoms with Gasteiger partial charge >= 0.3 is 0 Å². The number of likely N-dealkylation sites (tertiary alicyclic amines) is 1. The van der Waals surface area contributed by atoms with Gasteiger partial charge in [0.2, 0.25) is 0 Å². The van der Waals surface area contributed by atoms with Crippen LogP contribution in [-0.4, -0.2) is 91.4 Å². The highest BCUT2D eigenvalue weighted by atomic mass is 16.5. The molecule has 0 amide bonds. The van der Waals surface area contributed by atoms with Crippen molar-refractivity contribution in [3.05, 3.63) is 96.3 Å². The Morgan fingerprint density at radius 2 is 1.67 bits per heavy atom. The molecule has 2 fully saturated rings. The van der Waals surface area contributed by atoms with Crippen molar-refractivity contribution in [1.29, 1.82) is 0 Å². The number of rotatable bonds is 10. The molecule has 3 heterocycles. The van der Waals surface area contributed by atoms with E-state index in [4.69, 9.17) is 9.47 Å². The van der Waals surface area contributed by atoms with Crippen molar-refractivity contribution >= 4 is 45.2 Å². The van der Waals surface area contributed by atoms with Crippen molar-refractivity contribution in [2.75, 3.05) is 70.2 Å². The fourth-order valence-corrected chi connectivity index (χ4v) is 6.82. The average Bonchev–Trinajstić information content (AvgIpc) is 3.13. The topological polar surface area (TPSA) is 100 Å². The van der Waals surface area contributed by atoms with Crippen molar-refractivity contribution in [2.45, 2.75) is 19.4 Å². The number of carbonyl (C=O) groups is 2. The van der Waals surface area contributed by atoms with E-state index >= 15 is 0 Å². The van der Waals surface area contributed by atoms with Gasteiger partial charge in [0.05, 0.1) is 19.2 Å². The first kappa shape index (κ1) is 32.5. The fraction of sp³-hybridized carbons (Fsp3) is 0.333. The molecule has 0 radical (unpaired) electrons. The van der Waals surface area contributed by atoms with Crippen LogP contribution in [0.5, 0.6) is 11.5 Å². The molecule has 4 aromatic rings. The Morgan fingerprint density at radius 1 is 0.878 bits per heavy atom. The summed E-state index contributed by atoms with van der Waals surface area (Å²) in [5, 5.41) is 4.23. The molecule has 2 aliphatic heterocycles. The highest BCUT2D eigenvalue weighted by Crippen LogP contribution is 2.37. The third-order valence-electron chi connectivity index (χ3n) is 9.70. The van der Waals surface area contributed by atoms with Gasteiger partial charge in [-0.1, -0.05) is 30.3 Å². The number of allylic oxidation sites excluding steroid dienone is 4. The lowest BCUT2D eigenvalue weighted by Crippen LogP contribution is -2.46. The SMILES string of the molecule is COc1cc2c(Nc3ccc(N4CCN(Cc5ccccc5)CC4)c(C4=CC(=O)C=CC4=O)c3)ncnc2cc1OCC1CCN(C)CC1. The molecule has 0 spiro atoms. The minimum Gasteiger partial charge on any atom is -0.493 e. The normalized spacial score (nSPS) is 17.8. The van der Waals surface area contributed by atoms with E-state index in [1.54, 1.807) is 7.11 Å². The molecule has 3 aromatic carbocycles. The number of methoxy groups -OCH3 is 1. The summed E-state index contributed by atoms with van der Waals surface area (Å²) in [6.45, 7) is 7.08. The number of piperazine rings is 1. The second kappa shape index (κ2) is 14.6. The summed E-state index contributed by atoms with van der Waals surface area (Å²) in [6.07, 6.45) is 7.87. The standard InChI is InChI=1S/C39H42N6O4/c1-43-14-12-28(13-15-43)25-49-38-23-34-33(22-37(38)48-2)39(41-26-40-34)42-29-8-10-35(31(20-29)32-21-30(46)9-11-36(32)47)45-18-16-44(17-19-45)24-27-6-4-3-5-7-27/h3-11,20-23,26,28H,12-19,24-25H2,1-2H3,(H,40,41,42). The van der Waals surface area contributed by atoms with Gasteiger partial charge in [-0.15, -0.1) is 0 Å². The maximum atomic E-state index is 13.1. The van der Waals surface area contributed by atoms with E-state index < -0.39 is 0 Å². The zero-order valence-corrected chi connectivity index (χ0v) is 28.1. The van der Waals surface area contributed by atoms with Gasteiger partial charge in [0.15, 0.2) is 23.1 Å². The number of aromatic nitrogens is 2. The Hall–Kier alpha value is -5.06. The smallest absolute Gasteiger partial charge is 0.186 e. The summed E-state index contributed by atoms with van der Waals surface area (Å²) >= 11 is 0. The first-order valence-electron chi connectivity index (χ1n) is 17.0. The van der Waals surface area contributed by atoms with Gasteiger partial charge in [-0.3, -0.25) is 14.5 Å². The van der Waals surface area contributed by atoms with Gasteiger partial charge in [-0.25, -0.2) is 9.97 Å². The van der Waals surface area contributed by atoms with E-state index in [1.807, 2.05) is 36.4 Å². The van der Waals surface area contributed by atoms with Gasteiger partial charge in [0.25, 0.3) is 0 Å². The zero-order chi connectivity index (χ0) is 33.7. The van der Waals surface area contributed by atoms with E-state index in [2.05, 4.69) is 61.3 Å². The van der Waals surface area contributed by atoms with Crippen molar-refractivity contribution in [1.82, 2.24) is 19.8 Å². The van der Waals surface area contributed by atoms with Crippen LogP contribution < -0.4 is 19.7 Å². The van der Waals surface area contributed by atoms with E-state index in [-0.39, 0.29) is 11.6 Å². The summed E-state index contributed by atoms with van der Waals surface area (Å²) in [7, 11) is 3.79. The van der Waals surface area contributed by atoms with Crippen molar-refractivity contribution in [3.63, 3.8) is 0 Å². The van der Waals surface area contributed by atoms with Crippen LogP contribution >= 0.6 is 0 Å². The first-order chi connectivity index (χ1) is 23.9. The van der Waals surface area contributed by atoms with Crippen molar-refractivity contribution in [2.24, 2.45) is 5.92 Å². The number of hydrogen-bond acceptors (Lipinski definition) is 10. The van der Waals surface area contributed by atoms with E-state index in [1.165, 1.54) is 30.1 Å². The molecule has 0 bridgehead atoms. The second-order valence-electron chi connectivity index (χ2n) is 13.1. The molecule has 252 valence electrons. The molecule has 0 unspecified atom stereocenters. The number of piperidine rings is 1. The molecule has 3 aliphatic rings. The monoisotopic (exact) mass is 658 g/mol. The van der Waals surface area contributed by atoms with Gasteiger partial charge < -0.3 is 24.6 Å². The second-order valence-corrected chi connectivity index (χ2v) is 13.1. The van der Waals surface area contributed by atoms with Crippen molar-refractivity contribution < 1.29 is 19.1 Å². The van der Waals surface area contributed by atoms with Crippen LogP contribution in [0.1, 0.15) is 24.0 Å². The molecule has 2 saturated heterocycles. The van der Waals surface area contributed by atoms with Crippen LogP contribution in [0.4, 0.5) is 17.2 Å². The van der Waals surface area contributed by atoms with E-state index in [0.717, 1.165) is 80.9 Å². The fourth-order valence-electron chi connectivity index (χ4n) is 6.82. The number of hydrogen-bond donors (Lipinski definition) is 1. The molecule has 1 N–H and O–H groups in total. The Labute approximate surface area is 287 Å². The summed E-state index contributed by atoms with van der Waals surface area (Å²) in [5.41, 5.74) is 4.78. The third kappa shape index (κ3) is 7.50. The molecule has 0 saturated carbocycles. The lowest BCUT2D eigenvalue weighted by Gasteiger charge is -2.37. The van der Waals surface area contributed by atoms with Gasteiger partial charge in [0, 0.05) is 66.7 Å². The first-order valence-corrected chi connectivity index (χ1v) is 17.0. The molecule has 0 atom stereocenters. The quantitative estimate of drug-likeness (QED) is 0.220. The number of benzene rings is 3. The molecule has 10 heteroatoms. The maximum Gasteiger partial charge on any atom is 0.186 e. The van der Waals surface area contributed by atoms with E-state index in [0.29, 0.717) is 41.0 Å². The lowest BCUT2D eigenvalue weighted by atomic mass is 9.93. The van der Waals surface area contributed by atoms with Gasteiger partial charge in [0.1, 0.15) is 12.1 Å². The summed E-state index contributed by atoms with van der Waals surface area (Å²) in [5.74, 6) is 1.99. The van der Waals surface area contributed by atoms with Crippen LogP contribution in [0.25, 0.3) is 16.5 Å². The summed E-state index contributed by atoms with van der Waals surface area (Å²) in [4.78, 5) is 41.8. The molecule has 49 heavy (non-hydrogen) atoms. The van der Waals surface area contributed by atoms with Gasteiger partial charge in [-0.05, 0) is 87.0 Å². The zero-order valence-electron chi connectivity index (χ0n) is 28.1. The lowest BCUT2D eigenvalue weighted by molar-refractivity contribution is -0.113. The molecule has 1 aromatic heterocycles. The molecule has 10 nitrogen and oxygen atoms in total. The molecule has 1 aliphatic carbocycles. The Balaban J connectivity index is 1.14. The summed E-state index contributed by atoms with van der Waals surface area (Å²) < 4.78 is 12.0. The molecular formula is C39H42N6O4. The van der Waals surface area contributed by atoms with Crippen LogP contribution in [0.2, 0.25) is 0 Å². The third-order valence-corrected chi connectivity index (χ3v) is 9.70. The average molecular weight is 659 g/mol. The highest BCUT2D eigenvalue weighted by Gasteiger charge is 2.25. The maximum absolute atomic E-state index is 13.1. The summed E-state index contributed by atoms with van der Waals surface area (Å²) in [6, 6.07) is 20.3. The number of nitrogens with one attached hydrogen (secondary N) is 1. The van der Waals surface area contributed by atoms with Crippen LogP contribution in [0.3, 0.4) is 0 Å². The molecule has 7 rings (SSSR count). The van der Waals surface area contributed by atoms with E-state index in [9.17, 15) is 9.59 Å². The Bertz CT molecular complexity index is 1890. The minimum absolute atomic E-state index is 0.189. The Kier molecular flexibility index (Phi) is 9.68. The predicted molar refractivity (Wildman–Crippen MR) is 193 cm³/mol. The minimum atomic E-state index is -0.200. The number of fused-ring (bicyclic) bond motifs is 1. The van der Waals surface area contributed by atoms with Crippen LogP contribution in [0, 0.1) is 5.92 Å². The van der Waals surface area contributed by atoms with Crippen LogP contribution in [0.15, 0.2) is 85.2 Å². The Morgan fingerprint density at radius 3 is 2.45 bits per heavy atom. The number of anilines is 3. The molecular weight excluding hydrogens is 616 g/mol. The van der Waals surface area contributed by atoms with Crippen LogP contribution in [-0.2, 0) is 16.1 Å². The number of ether oxygens (including phenoxy) is 2. The highest BCUT2D eigenvalue weighted by molar-refractivity contribution is 6.34. The predicted octanol–water partition coefficient (Wildman–Crippen LogP) is 5.52.